The second-order valence-corrected chi connectivity index (χ2v) is 3.94. The summed E-state index contributed by atoms with van der Waals surface area (Å²) in [6.07, 6.45) is 2.52. The van der Waals surface area contributed by atoms with Crippen LogP contribution >= 0.6 is 11.6 Å². The fourth-order valence-electron chi connectivity index (χ4n) is 1.70. The molecule has 0 saturated carbocycles. The third-order valence-corrected chi connectivity index (χ3v) is 3.12. The van der Waals surface area contributed by atoms with Gasteiger partial charge in [-0.05, 0) is 38.8 Å². The number of halogens is 1. The zero-order valence-electron chi connectivity index (χ0n) is 8.47. The first-order valence-electron chi connectivity index (χ1n) is 5.23. The Morgan fingerprint density at radius 1 is 1.38 bits per heavy atom. The summed E-state index contributed by atoms with van der Waals surface area (Å²) in [4.78, 5) is 2.47. The van der Waals surface area contributed by atoms with Crippen molar-refractivity contribution in [1.82, 2.24) is 4.90 Å². The fraction of sp³-hybridized carbons (Fsp3) is 1.00. The van der Waals surface area contributed by atoms with Crippen LogP contribution < -0.4 is 0 Å². The second-order valence-electron chi connectivity index (χ2n) is 3.64. The molecule has 1 heterocycles. The Bertz CT molecular complexity index is 121. The van der Waals surface area contributed by atoms with E-state index >= 15 is 0 Å². The van der Waals surface area contributed by atoms with Crippen molar-refractivity contribution in [2.75, 3.05) is 38.7 Å². The lowest BCUT2D eigenvalue weighted by atomic mass is 9.99. The first-order valence-corrected chi connectivity index (χ1v) is 5.76. The Morgan fingerprint density at radius 3 is 2.62 bits per heavy atom. The van der Waals surface area contributed by atoms with Gasteiger partial charge in [-0.15, -0.1) is 11.6 Å². The van der Waals surface area contributed by atoms with E-state index in [1.165, 1.54) is 25.9 Å². The van der Waals surface area contributed by atoms with Crippen LogP contribution in [0.1, 0.15) is 19.8 Å². The molecule has 13 heavy (non-hydrogen) atoms. The van der Waals surface area contributed by atoms with Gasteiger partial charge in [-0.3, -0.25) is 0 Å². The van der Waals surface area contributed by atoms with Gasteiger partial charge in [0.2, 0.25) is 0 Å². The van der Waals surface area contributed by atoms with Crippen LogP contribution in [0.15, 0.2) is 0 Å². The molecule has 78 valence electrons. The largest absolute Gasteiger partial charge is 0.380 e. The maximum Gasteiger partial charge on any atom is 0.0593 e. The molecule has 0 amide bonds. The predicted octanol–water partition coefficient (Wildman–Crippen LogP) is 1.97. The van der Waals surface area contributed by atoms with Crippen molar-refractivity contribution in [2.24, 2.45) is 5.92 Å². The number of rotatable bonds is 5. The monoisotopic (exact) mass is 205 g/mol. The number of alkyl halides is 1. The van der Waals surface area contributed by atoms with E-state index in [0.29, 0.717) is 0 Å². The van der Waals surface area contributed by atoms with E-state index in [9.17, 15) is 0 Å². The number of likely N-dealkylation sites (tertiary alicyclic amines) is 1. The topological polar surface area (TPSA) is 12.5 Å². The Kier molecular flexibility index (Phi) is 5.76. The molecule has 0 aromatic heterocycles. The van der Waals surface area contributed by atoms with Gasteiger partial charge in [-0.2, -0.15) is 0 Å². The van der Waals surface area contributed by atoms with E-state index in [4.69, 9.17) is 16.3 Å². The molecule has 0 radical (unpaired) electrons. The summed E-state index contributed by atoms with van der Waals surface area (Å²) < 4.78 is 5.32. The minimum absolute atomic E-state index is 0.755. The van der Waals surface area contributed by atoms with Gasteiger partial charge in [0, 0.05) is 19.0 Å². The van der Waals surface area contributed by atoms with Crippen molar-refractivity contribution >= 4 is 11.6 Å². The molecule has 0 atom stereocenters. The van der Waals surface area contributed by atoms with E-state index < -0.39 is 0 Å². The Morgan fingerprint density at radius 2 is 2.08 bits per heavy atom. The number of hydrogen-bond donors (Lipinski definition) is 0. The van der Waals surface area contributed by atoms with Gasteiger partial charge in [-0.25, -0.2) is 0 Å². The van der Waals surface area contributed by atoms with Crippen LogP contribution in [-0.2, 0) is 4.74 Å². The molecular weight excluding hydrogens is 186 g/mol. The number of nitrogens with zero attached hydrogens (tertiary/aromatic N) is 1. The molecule has 3 heteroatoms. The van der Waals surface area contributed by atoms with E-state index in [0.717, 1.165) is 31.6 Å². The van der Waals surface area contributed by atoms with Gasteiger partial charge < -0.3 is 9.64 Å². The molecule has 0 bridgehead atoms. The minimum atomic E-state index is 0.755. The molecule has 1 fully saturated rings. The van der Waals surface area contributed by atoms with Gasteiger partial charge in [0.15, 0.2) is 0 Å². The molecule has 0 aromatic carbocycles. The summed E-state index contributed by atoms with van der Waals surface area (Å²) in [7, 11) is 0. The lowest BCUT2D eigenvalue weighted by Gasteiger charge is -2.30. The normalized spacial score (nSPS) is 20.8. The van der Waals surface area contributed by atoms with Gasteiger partial charge in [0.1, 0.15) is 0 Å². The fourth-order valence-corrected chi connectivity index (χ4v) is 2.01. The SMILES string of the molecule is CCOCCN1CCC(CCl)CC1. The Hall–Kier alpha value is 0.210. The van der Waals surface area contributed by atoms with E-state index in [1.54, 1.807) is 0 Å². The van der Waals surface area contributed by atoms with Gasteiger partial charge in [0.25, 0.3) is 0 Å². The third-order valence-electron chi connectivity index (χ3n) is 2.68. The standard InChI is InChI=1S/C10H20ClNO/c1-2-13-8-7-12-5-3-10(9-11)4-6-12/h10H,2-9H2,1H3. The summed E-state index contributed by atoms with van der Waals surface area (Å²) in [6, 6.07) is 0. The van der Waals surface area contributed by atoms with Crippen molar-refractivity contribution < 1.29 is 4.74 Å². The lowest BCUT2D eigenvalue weighted by Crippen LogP contribution is -2.36. The predicted molar refractivity (Wildman–Crippen MR) is 56.4 cm³/mol. The quantitative estimate of drug-likeness (QED) is 0.503. The zero-order chi connectivity index (χ0) is 9.52. The molecule has 1 rings (SSSR count). The average molecular weight is 206 g/mol. The molecule has 1 aliphatic heterocycles. The van der Waals surface area contributed by atoms with Crippen molar-refractivity contribution in [3.8, 4) is 0 Å². The summed E-state index contributed by atoms with van der Waals surface area (Å²) in [5, 5.41) is 0. The van der Waals surface area contributed by atoms with E-state index in [2.05, 4.69) is 4.90 Å². The smallest absolute Gasteiger partial charge is 0.0593 e. The van der Waals surface area contributed by atoms with Crippen LogP contribution in [0.5, 0.6) is 0 Å². The molecule has 2 nitrogen and oxygen atoms in total. The van der Waals surface area contributed by atoms with Crippen molar-refractivity contribution in [3.05, 3.63) is 0 Å². The third kappa shape index (κ3) is 4.30. The molecular formula is C10H20ClNO. The van der Waals surface area contributed by atoms with Crippen molar-refractivity contribution in [1.29, 1.82) is 0 Å². The van der Waals surface area contributed by atoms with Gasteiger partial charge >= 0.3 is 0 Å². The highest BCUT2D eigenvalue weighted by molar-refractivity contribution is 6.18. The van der Waals surface area contributed by atoms with Crippen LogP contribution in [-0.4, -0.2) is 43.6 Å². The maximum absolute atomic E-state index is 5.81. The van der Waals surface area contributed by atoms with Crippen molar-refractivity contribution in [2.45, 2.75) is 19.8 Å². The second kappa shape index (κ2) is 6.63. The molecule has 1 saturated heterocycles. The summed E-state index contributed by atoms with van der Waals surface area (Å²) >= 11 is 5.81. The number of ether oxygens (including phenoxy) is 1. The summed E-state index contributed by atoms with van der Waals surface area (Å²) in [5.74, 6) is 1.59. The highest BCUT2D eigenvalue weighted by Crippen LogP contribution is 2.17. The lowest BCUT2D eigenvalue weighted by molar-refractivity contribution is 0.0979. The summed E-state index contributed by atoms with van der Waals surface area (Å²) in [5.41, 5.74) is 0. The van der Waals surface area contributed by atoms with Gasteiger partial charge in [0.05, 0.1) is 6.61 Å². The van der Waals surface area contributed by atoms with Crippen molar-refractivity contribution in [3.63, 3.8) is 0 Å². The first kappa shape index (κ1) is 11.3. The number of piperidine rings is 1. The highest BCUT2D eigenvalue weighted by atomic mass is 35.5. The Labute approximate surface area is 86.2 Å². The van der Waals surface area contributed by atoms with E-state index in [-0.39, 0.29) is 0 Å². The molecule has 0 N–H and O–H groups in total. The molecule has 1 aliphatic rings. The summed E-state index contributed by atoms with van der Waals surface area (Å²) in [6.45, 7) is 7.23. The van der Waals surface area contributed by atoms with Crippen LogP contribution in [0.4, 0.5) is 0 Å². The first-order chi connectivity index (χ1) is 6.36. The molecule has 0 aromatic rings. The van der Waals surface area contributed by atoms with Crippen LogP contribution in [0.2, 0.25) is 0 Å². The molecule has 0 spiro atoms. The maximum atomic E-state index is 5.81. The zero-order valence-corrected chi connectivity index (χ0v) is 9.22. The average Bonchev–Trinajstić information content (AvgIpc) is 2.19. The minimum Gasteiger partial charge on any atom is -0.380 e. The van der Waals surface area contributed by atoms with Crippen LogP contribution in [0.3, 0.4) is 0 Å². The number of hydrogen-bond acceptors (Lipinski definition) is 2. The Balaban J connectivity index is 2.03. The van der Waals surface area contributed by atoms with E-state index in [1.807, 2.05) is 6.92 Å². The molecule has 0 aliphatic carbocycles. The van der Waals surface area contributed by atoms with Crippen LogP contribution in [0.25, 0.3) is 0 Å². The molecule has 0 unspecified atom stereocenters. The highest BCUT2D eigenvalue weighted by Gasteiger charge is 2.17. The van der Waals surface area contributed by atoms with Gasteiger partial charge in [-0.1, -0.05) is 0 Å². The van der Waals surface area contributed by atoms with Crippen LogP contribution in [0, 0.1) is 5.92 Å².